The van der Waals surface area contributed by atoms with Crippen LogP contribution in [0, 0.1) is 0 Å². The average molecular weight is 437 g/mol. The first-order valence-corrected chi connectivity index (χ1v) is 10.6. The number of rotatable bonds is 11. The van der Waals surface area contributed by atoms with Crippen molar-refractivity contribution < 1.29 is 25.3 Å². The minimum absolute atomic E-state index is 0.128. The number of alkyl halides is 2. The molecule has 4 atom stereocenters. The third kappa shape index (κ3) is 6.71. The summed E-state index contributed by atoms with van der Waals surface area (Å²) in [5, 5.41) is 40.0. The summed E-state index contributed by atoms with van der Waals surface area (Å²) in [6, 6.07) is 8.28. The molecule has 0 saturated carbocycles. The molecule has 0 aliphatic carbocycles. The number of hydroxylamine groups is 2. The fraction of sp³-hybridized carbons (Fsp3) is 0.684. The smallest absolute Gasteiger partial charge is 0.161 e. The Kier molecular flexibility index (Phi) is 10.3. The molecule has 0 radical (unpaired) electrons. The van der Waals surface area contributed by atoms with Crippen LogP contribution in [0.15, 0.2) is 24.3 Å². The number of aryl methyl sites for hydroxylation is 1. The normalized spacial score (nSPS) is 25.2. The Hall–Kier alpha value is -0.640. The summed E-state index contributed by atoms with van der Waals surface area (Å²) < 4.78 is 5.22. The van der Waals surface area contributed by atoms with Gasteiger partial charge in [0, 0.05) is 37.1 Å². The molecule has 1 aliphatic rings. The van der Waals surface area contributed by atoms with E-state index in [1.165, 1.54) is 5.56 Å². The molecule has 7 nitrogen and oxygen atoms in total. The summed E-state index contributed by atoms with van der Waals surface area (Å²) in [5.41, 5.74) is 2.29. The van der Waals surface area contributed by atoms with Crippen molar-refractivity contribution in [2.75, 3.05) is 42.9 Å². The first-order chi connectivity index (χ1) is 13.5. The van der Waals surface area contributed by atoms with Crippen LogP contribution < -0.4 is 4.90 Å². The van der Waals surface area contributed by atoms with Gasteiger partial charge in [-0.05, 0) is 37.0 Å². The Bertz CT molecular complexity index is 560. The van der Waals surface area contributed by atoms with Crippen LogP contribution in [0.5, 0.6) is 0 Å². The van der Waals surface area contributed by atoms with Gasteiger partial charge in [-0.25, -0.2) is 0 Å². The van der Waals surface area contributed by atoms with E-state index >= 15 is 0 Å². The van der Waals surface area contributed by atoms with E-state index in [1.807, 2.05) is 0 Å². The molecule has 1 aliphatic heterocycles. The Morgan fingerprint density at radius 1 is 0.929 bits per heavy atom. The van der Waals surface area contributed by atoms with Crippen LogP contribution in [0.3, 0.4) is 0 Å². The average Bonchev–Trinajstić information content (AvgIpc) is 2.70. The first kappa shape index (κ1) is 23.6. The number of hydrogen-bond acceptors (Lipinski definition) is 7. The molecule has 1 fully saturated rings. The second-order valence-electron chi connectivity index (χ2n) is 6.92. The van der Waals surface area contributed by atoms with Crippen molar-refractivity contribution in [3.05, 3.63) is 29.8 Å². The highest BCUT2D eigenvalue weighted by Crippen LogP contribution is 2.19. The minimum Gasteiger partial charge on any atom is -0.388 e. The maximum atomic E-state index is 10.1. The van der Waals surface area contributed by atoms with E-state index in [9.17, 15) is 20.5 Å². The van der Waals surface area contributed by atoms with Crippen LogP contribution in [0.1, 0.15) is 18.4 Å². The minimum atomic E-state index is -1.36. The summed E-state index contributed by atoms with van der Waals surface area (Å²) in [6.07, 6.45) is -2.48. The van der Waals surface area contributed by atoms with E-state index in [0.29, 0.717) is 24.7 Å². The highest BCUT2D eigenvalue weighted by Gasteiger charge is 2.40. The molecule has 0 aromatic heterocycles. The number of nitrogens with zero attached hydrogens (tertiary/aromatic N) is 2. The second-order valence-corrected chi connectivity index (χ2v) is 7.68. The molecule has 0 spiro atoms. The third-order valence-electron chi connectivity index (χ3n) is 4.88. The quantitative estimate of drug-likeness (QED) is 0.236. The molecule has 1 aromatic rings. The molecule has 160 valence electrons. The van der Waals surface area contributed by atoms with Crippen LogP contribution in [0.4, 0.5) is 5.69 Å². The highest BCUT2D eigenvalue weighted by atomic mass is 35.5. The molecule has 1 unspecified atom stereocenters. The second kappa shape index (κ2) is 12.1. The van der Waals surface area contributed by atoms with Gasteiger partial charge in [-0.1, -0.05) is 12.1 Å². The zero-order chi connectivity index (χ0) is 20.5. The van der Waals surface area contributed by atoms with E-state index in [2.05, 4.69) is 29.2 Å². The largest absolute Gasteiger partial charge is 0.388 e. The third-order valence-corrected chi connectivity index (χ3v) is 5.22. The van der Waals surface area contributed by atoms with Crippen molar-refractivity contribution >= 4 is 28.9 Å². The molecular weight excluding hydrogens is 407 g/mol. The lowest BCUT2D eigenvalue weighted by molar-refractivity contribution is -0.295. The van der Waals surface area contributed by atoms with Gasteiger partial charge in [0.2, 0.25) is 0 Å². The zero-order valence-electron chi connectivity index (χ0n) is 15.8. The Labute approximate surface area is 176 Å². The van der Waals surface area contributed by atoms with Gasteiger partial charge < -0.3 is 30.2 Å². The summed E-state index contributed by atoms with van der Waals surface area (Å²) in [5.74, 6) is 1.09. The number of ether oxygens (including phenoxy) is 1. The highest BCUT2D eigenvalue weighted by molar-refractivity contribution is 6.18. The molecule has 0 bridgehead atoms. The molecule has 9 heteroatoms. The van der Waals surface area contributed by atoms with E-state index in [-0.39, 0.29) is 6.61 Å². The predicted molar refractivity (Wildman–Crippen MR) is 109 cm³/mol. The van der Waals surface area contributed by atoms with Crippen molar-refractivity contribution in [1.82, 2.24) is 5.06 Å². The van der Waals surface area contributed by atoms with Crippen LogP contribution in [0.25, 0.3) is 0 Å². The number of benzene rings is 1. The maximum Gasteiger partial charge on any atom is 0.161 e. The van der Waals surface area contributed by atoms with E-state index < -0.39 is 24.5 Å². The van der Waals surface area contributed by atoms with Crippen molar-refractivity contribution in [2.24, 2.45) is 0 Å². The topological polar surface area (TPSA) is 96.6 Å². The SMILES string of the molecule is O[C@@H]1[C@H](O)COC(N(O)CCCCc2ccc(N(CCCl)CCCl)cc2)[C@@H]1O. The van der Waals surface area contributed by atoms with Crippen molar-refractivity contribution in [2.45, 2.75) is 43.8 Å². The first-order valence-electron chi connectivity index (χ1n) is 9.55. The van der Waals surface area contributed by atoms with E-state index in [0.717, 1.165) is 36.7 Å². The maximum absolute atomic E-state index is 10.1. The molecule has 4 N–H and O–H groups in total. The molecule has 0 amide bonds. The van der Waals surface area contributed by atoms with Crippen LogP contribution in [-0.2, 0) is 11.2 Å². The van der Waals surface area contributed by atoms with Gasteiger partial charge in [0.15, 0.2) is 6.23 Å². The summed E-state index contributed by atoms with van der Waals surface area (Å²) in [4.78, 5) is 2.15. The van der Waals surface area contributed by atoms with E-state index in [1.54, 1.807) is 0 Å². The van der Waals surface area contributed by atoms with Crippen molar-refractivity contribution in [1.29, 1.82) is 0 Å². The molecule has 1 saturated heterocycles. The number of anilines is 1. The molecule has 2 rings (SSSR count). The molecule has 1 heterocycles. The summed E-state index contributed by atoms with van der Waals surface area (Å²) in [7, 11) is 0. The number of aliphatic hydroxyl groups excluding tert-OH is 3. The van der Waals surface area contributed by atoms with Crippen molar-refractivity contribution in [3.63, 3.8) is 0 Å². The standard InChI is InChI=1S/C19H30Cl2N2O5/c20-8-11-22(12-9-21)15-6-4-14(5-7-15)3-1-2-10-23(27)19-18(26)17(25)16(24)13-28-19/h4-7,16-19,24-27H,1-3,8-13H2/t16-,17-,18-,19?/m1/s1. The summed E-state index contributed by atoms with van der Waals surface area (Å²) in [6.45, 7) is 1.67. The monoisotopic (exact) mass is 436 g/mol. The number of unbranched alkanes of at least 4 members (excludes halogenated alkanes) is 1. The van der Waals surface area contributed by atoms with E-state index in [4.69, 9.17) is 27.9 Å². The van der Waals surface area contributed by atoms with Crippen LogP contribution >= 0.6 is 23.2 Å². The lowest BCUT2D eigenvalue weighted by atomic mass is 10.0. The Morgan fingerprint density at radius 2 is 1.57 bits per heavy atom. The molecular formula is C19H30Cl2N2O5. The Balaban J connectivity index is 1.74. The molecule has 1 aromatic carbocycles. The zero-order valence-corrected chi connectivity index (χ0v) is 17.3. The fourth-order valence-corrected chi connectivity index (χ4v) is 3.64. The lowest BCUT2D eigenvalue weighted by Crippen LogP contribution is -2.58. The van der Waals surface area contributed by atoms with Gasteiger partial charge in [-0.3, -0.25) is 0 Å². The van der Waals surface area contributed by atoms with Gasteiger partial charge >= 0.3 is 0 Å². The van der Waals surface area contributed by atoms with Crippen LogP contribution in [0.2, 0.25) is 0 Å². The van der Waals surface area contributed by atoms with Crippen LogP contribution in [-0.4, -0.2) is 88.1 Å². The van der Waals surface area contributed by atoms with Gasteiger partial charge in [0.05, 0.1) is 6.61 Å². The fourth-order valence-electron chi connectivity index (χ4n) is 3.23. The lowest BCUT2D eigenvalue weighted by Gasteiger charge is -2.38. The van der Waals surface area contributed by atoms with Crippen molar-refractivity contribution in [3.8, 4) is 0 Å². The van der Waals surface area contributed by atoms with Gasteiger partial charge in [-0.2, -0.15) is 5.06 Å². The number of halogens is 2. The predicted octanol–water partition coefficient (Wildman–Crippen LogP) is 1.42. The summed E-state index contributed by atoms with van der Waals surface area (Å²) >= 11 is 11.7. The molecule has 28 heavy (non-hydrogen) atoms. The Morgan fingerprint density at radius 3 is 2.18 bits per heavy atom. The van der Waals surface area contributed by atoms with Gasteiger partial charge in [0.25, 0.3) is 0 Å². The number of hydrogen-bond donors (Lipinski definition) is 4. The van der Waals surface area contributed by atoms with Gasteiger partial charge in [0.1, 0.15) is 18.3 Å². The number of aliphatic hydroxyl groups is 3. The van der Waals surface area contributed by atoms with Gasteiger partial charge in [-0.15, -0.1) is 23.2 Å².